The molecule has 1 amide bonds. The van der Waals surface area contributed by atoms with E-state index in [-0.39, 0.29) is 28.2 Å². The first kappa shape index (κ1) is 21.5. The summed E-state index contributed by atoms with van der Waals surface area (Å²) in [6.45, 7) is 2.78. The summed E-state index contributed by atoms with van der Waals surface area (Å²) in [5.74, 6) is -4.00. The molecule has 0 saturated heterocycles. The van der Waals surface area contributed by atoms with Gasteiger partial charge in [-0.3, -0.25) is 4.79 Å². The van der Waals surface area contributed by atoms with E-state index < -0.39 is 41.1 Å². The Morgan fingerprint density at radius 2 is 1.60 bits per heavy atom. The van der Waals surface area contributed by atoms with Crippen molar-refractivity contribution in [2.45, 2.75) is 26.1 Å². The van der Waals surface area contributed by atoms with E-state index in [1.54, 1.807) is 0 Å². The molecule has 0 spiro atoms. The van der Waals surface area contributed by atoms with Crippen LogP contribution in [0.25, 0.3) is 11.3 Å². The number of hydrogen-bond donors (Lipinski definition) is 1. The molecule has 158 valence electrons. The SMILES string of the molecule is Cc1c(F)cc([C@@H](C)NC(=O)c2ccc(-c3ccc(F)c(C(F)(F)F)c3)o2)cc1F. The second kappa shape index (κ2) is 7.89. The van der Waals surface area contributed by atoms with Gasteiger partial charge in [0.25, 0.3) is 5.91 Å². The fourth-order valence-electron chi connectivity index (χ4n) is 2.78. The van der Waals surface area contributed by atoms with Crippen molar-refractivity contribution in [1.29, 1.82) is 0 Å². The second-order valence-corrected chi connectivity index (χ2v) is 6.66. The number of benzene rings is 2. The molecule has 0 aliphatic rings. The summed E-state index contributed by atoms with van der Waals surface area (Å²) < 4.78 is 84.8. The Balaban J connectivity index is 1.80. The van der Waals surface area contributed by atoms with E-state index in [1.165, 1.54) is 26.0 Å². The van der Waals surface area contributed by atoms with Gasteiger partial charge in [0.05, 0.1) is 11.6 Å². The third-order valence-corrected chi connectivity index (χ3v) is 4.54. The van der Waals surface area contributed by atoms with Gasteiger partial charge in [-0.2, -0.15) is 13.2 Å². The van der Waals surface area contributed by atoms with Crippen LogP contribution in [0.3, 0.4) is 0 Å². The van der Waals surface area contributed by atoms with E-state index in [0.717, 1.165) is 18.2 Å². The van der Waals surface area contributed by atoms with Crippen LogP contribution in [0, 0.1) is 24.4 Å². The summed E-state index contributed by atoms with van der Waals surface area (Å²) in [6, 6.07) is 6.22. The van der Waals surface area contributed by atoms with Gasteiger partial charge in [-0.1, -0.05) is 0 Å². The topological polar surface area (TPSA) is 42.2 Å². The van der Waals surface area contributed by atoms with Crippen molar-refractivity contribution in [3.63, 3.8) is 0 Å². The van der Waals surface area contributed by atoms with Gasteiger partial charge >= 0.3 is 6.18 Å². The summed E-state index contributed by atoms with van der Waals surface area (Å²) in [7, 11) is 0. The van der Waals surface area contributed by atoms with Gasteiger partial charge in [-0.25, -0.2) is 13.2 Å². The Hall–Kier alpha value is -3.23. The zero-order valence-electron chi connectivity index (χ0n) is 15.7. The Morgan fingerprint density at radius 1 is 0.967 bits per heavy atom. The van der Waals surface area contributed by atoms with E-state index in [4.69, 9.17) is 4.42 Å². The van der Waals surface area contributed by atoms with Gasteiger partial charge in [-0.05, 0) is 61.9 Å². The summed E-state index contributed by atoms with van der Waals surface area (Å²) in [5.41, 5.74) is -1.49. The van der Waals surface area contributed by atoms with Crippen LogP contribution in [-0.2, 0) is 6.18 Å². The molecule has 0 aliphatic heterocycles. The van der Waals surface area contributed by atoms with Gasteiger partial charge in [0.1, 0.15) is 23.2 Å². The predicted octanol–water partition coefficient (Wildman–Crippen LogP) is 6.18. The van der Waals surface area contributed by atoms with Crippen molar-refractivity contribution >= 4 is 5.91 Å². The molecule has 0 unspecified atom stereocenters. The van der Waals surface area contributed by atoms with Crippen molar-refractivity contribution < 1.29 is 35.6 Å². The summed E-state index contributed by atoms with van der Waals surface area (Å²) in [4.78, 5) is 12.4. The highest BCUT2D eigenvalue weighted by Gasteiger charge is 2.34. The molecule has 1 aromatic heterocycles. The minimum Gasteiger partial charge on any atom is -0.451 e. The number of carbonyl (C=O) groups is 1. The normalized spacial score (nSPS) is 12.7. The fraction of sp³-hybridized carbons (Fsp3) is 0.190. The fourth-order valence-corrected chi connectivity index (χ4v) is 2.78. The molecule has 0 saturated carbocycles. The van der Waals surface area contributed by atoms with Crippen LogP contribution in [0.1, 0.15) is 40.2 Å². The van der Waals surface area contributed by atoms with Crippen LogP contribution in [0.15, 0.2) is 46.9 Å². The lowest BCUT2D eigenvalue weighted by Crippen LogP contribution is -2.26. The number of carbonyl (C=O) groups excluding carboxylic acids is 1. The molecule has 1 atom stereocenters. The second-order valence-electron chi connectivity index (χ2n) is 6.66. The quantitative estimate of drug-likeness (QED) is 0.505. The number of halogens is 6. The molecule has 1 heterocycles. The lowest BCUT2D eigenvalue weighted by molar-refractivity contribution is -0.139. The van der Waals surface area contributed by atoms with E-state index >= 15 is 0 Å². The third kappa shape index (κ3) is 4.34. The molecule has 30 heavy (non-hydrogen) atoms. The van der Waals surface area contributed by atoms with E-state index in [2.05, 4.69) is 5.32 Å². The Kier molecular flexibility index (Phi) is 5.65. The molecule has 2 aromatic carbocycles. The maximum absolute atomic E-state index is 13.7. The van der Waals surface area contributed by atoms with Gasteiger partial charge in [-0.15, -0.1) is 0 Å². The van der Waals surface area contributed by atoms with Crippen LogP contribution in [0.2, 0.25) is 0 Å². The van der Waals surface area contributed by atoms with Crippen LogP contribution in [-0.4, -0.2) is 5.91 Å². The molecule has 9 heteroatoms. The van der Waals surface area contributed by atoms with Crippen molar-refractivity contribution in [2.24, 2.45) is 0 Å². The number of hydrogen-bond acceptors (Lipinski definition) is 2. The number of alkyl halides is 3. The van der Waals surface area contributed by atoms with Crippen LogP contribution in [0.4, 0.5) is 26.3 Å². The molecular formula is C21H15F6NO2. The lowest BCUT2D eigenvalue weighted by atomic mass is 10.1. The Bertz CT molecular complexity index is 1080. The monoisotopic (exact) mass is 427 g/mol. The standard InChI is InChI=1S/C21H15F6NO2/c1-10-16(23)8-13(9-17(10)24)11(2)28-20(29)19-6-5-18(30-19)12-3-4-15(22)14(7-12)21(25,26)27/h3-9,11H,1-2H3,(H,28,29)/t11-/m1/s1. The molecule has 0 radical (unpaired) electrons. The average molecular weight is 427 g/mol. The van der Waals surface area contributed by atoms with Crippen molar-refractivity contribution in [3.8, 4) is 11.3 Å². The van der Waals surface area contributed by atoms with Crippen LogP contribution < -0.4 is 5.32 Å². The Labute approximate surface area is 167 Å². The predicted molar refractivity (Wildman–Crippen MR) is 96.1 cm³/mol. The molecular weight excluding hydrogens is 412 g/mol. The first-order valence-corrected chi connectivity index (χ1v) is 8.70. The molecule has 3 rings (SSSR count). The molecule has 1 N–H and O–H groups in total. The first-order chi connectivity index (χ1) is 14.0. The molecule has 3 aromatic rings. The molecule has 0 aliphatic carbocycles. The number of furan rings is 1. The van der Waals surface area contributed by atoms with Gasteiger partial charge in [0, 0.05) is 11.1 Å². The van der Waals surface area contributed by atoms with Crippen LogP contribution >= 0.6 is 0 Å². The molecule has 0 fully saturated rings. The number of rotatable bonds is 4. The summed E-state index contributed by atoms with van der Waals surface area (Å²) in [6.07, 6.45) is -4.89. The van der Waals surface area contributed by atoms with Gasteiger partial charge in [0.2, 0.25) is 0 Å². The van der Waals surface area contributed by atoms with Gasteiger partial charge < -0.3 is 9.73 Å². The number of nitrogens with one attached hydrogen (secondary N) is 1. The number of amides is 1. The lowest BCUT2D eigenvalue weighted by Gasteiger charge is -2.14. The zero-order valence-corrected chi connectivity index (χ0v) is 15.7. The highest BCUT2D eigenvalue weighted by Crippen LogP contribution is 2.34. The molecule has 3 nitrogen and oxygen atoms in total. The average Bonchev–Trinajstić information content (AvgIpc) is 3.15. The van der Waals surface area contributed by atoms with E-state index in [0.29, 0.717) is 12.1 Å². The smallest absolute Gasteiger partial charge is 0.419 e. The van der Waals surface area contributed by atoms with Gasteiger partial charge in [0.15, 0.2) is 5.76 Å². The third-order valence-electron chi connectivity index (χ3n) is 4.54. The van der Waals surface area contributed by atoms with Crippen LogP contribution in [0.5, 0.6) is 0 Å². The molecule has 0 bridgehead atoms. The van der Waals surface area contributed by atoms with E-state index in [9.17, 15) is 31.1 Å². The minimum absolute atomic E-state index is 0.0708. The minimum atomic E-state index is -4.89. The first-order valence-electron chi connectivity index (χ1n) is 8.70. The van der Waals surface area contributed by atoms with Crippen molar-refractivity contribution in [1.82, 2.24) is 5.32 Å². The summed E-state index contributed by atoms with van der Waals surface area (Å²) in [5, 5.41) is 2.49. The maximum atomic E-state index is 13.7. The Morgan fingerprint density at radius 3 is 2.20 bits per heavy atom. The maximum Gasteiger partial charge on any atom is 0.419 e. The van der Waals surface area contributed by atoms with Crippen molar-refractivity contribution in [3.05, 3.63) is 82.4 Å². The zero-order chi connectivity index (χ0) is 22.2. The highest BCUT2D eigenvalue weighted by molar-refractivity contribution is 5.92. The largest absolute Gasteiger partial charge is 0.451 e. The van der Waals surface area contributed by atoms with E-state index in [1.807, 2.05) is 0 Å². The summed E-state index contributed by atoms with van der Waals surface area (Å²) >= 11 is 0. The highest BCUT2D eigenvalue weighted by atomic mass is 19.4. The van der Waals surface area contributed by atoms with Crippen molar-refractivity contribution in [2.75, 3.05) is 0 Å².